The number of halogens is 1. The third kappa shape index (κ3) is 3.16. The van der Waals surface area contributed by atoms with Crippen LogP contribution in [0.25, 0.3) is 0 Å². The van der Waals surface area contributed by atoms with Gasteiger partial charge in [-0.05, 0) is 42.0 Å². The Bertz CT molecular complexity index is 1000. The maximum Gasteiger partial charge on any atom is 0.291 e. The van der Waals surface area contributed by atoms with Gasteiger partial charge in [0.2, 0.25) is 5.67 Å². The largest absolute Gasteiger partial charge is 0.497 e. The molecular formula is C23H19FN2O2. The van der Waals surface area contributed by atoms with Crippen molar-refractivity contribution >= 4 is 17.3 Å². The molecule has 28 heavy (non-hydrogen) atoms. The molecule has 1 atom stereocenters. The monoisotopic (exact) mass is 374 g/mol. The second-order valence-corrected chi connectivity index (χ2v) is 6.59. The van der Waals surface area contributed by atoms with Crippen LogP contribution in [0.5, 0.6) is 5.75 Å². The summed E-state index contributed by atoms with van der Waals surface area (Å²) in [5, 5.41) is 5.55. The SMILES string of the molecule is COc1ccc(C2=NN(c3ccccc3)C(=O)C2(F)Cc2ccccc2)cc1. The van der Waals surface area contributed by atoms with Gasteiger partial charge in [-0.1, -0.05) is 48.5 Å². The number of amides is 1. The van der Waals surface area contributed by atoms with Gasteiger partial charge in [-0.2, -0.15) is 10.1 Å². The van der Waals surface area contributed by atoms with Crippen molar-refractivity contribution in [1.82, 2.24) is 0 Å². The van der Waals surface area contributed by atoms with E-state index in [1.165, 1.54) is 0 Å². The van der Waals surface area contributed by atoms with Crippen LogP contribution in [0.2, 0.25) is 0 Å². The van der Waals surface area contributed by atoms with Crippen LogP contribution in [-0.4, -0.2) is 24.4 Å². The van der Waals surface area contributed by atoms with Gasteiger partial charge in [-0.15, -0.1) is 0 Å². The van der Waals surface area contributed by atoms with Crippen LogP contribution in [0.3, 0.4) is 0 Å². The molecule has 0 aromatic heterocycles. The Morgan fingerprint density at radius 2 is 1.54 bits per heavy atom. The summed E-state index contributed by atoms with van der Waals surface area (Å²) in [6, 6.07) is 24.9. The lowest BCUT2D eigenvalue weighted by atomic mass is 9.87. The van der Waals surface area contributed by atoms with Crippen molar-refractivity contribution in [2.45, 2.75) is 12.1 Å². The second kappa shape index (κ2) is 7.27. The lowest BCUT2D eigenvalue weighted by molar-refractivity contribution is -0.125. The Balaban J connectivity index is 1.79. The quantitative estimate of drug-likeness (QED) is 0.664. The zero-order chi connectivity index (χ0) is 19.6. The van der Waals surface area contributed by atoms with Crippen LogP contribution in [0.15, 0.2) is 90.0 Å². The van der Waals surface area contributed by atoms with Crippen LogP contribution in [0.1, 0.15) is 11.1 Å². The van der Waals surface area contributed by atoms with E-state index in [1.807, 2.05) is 36.4 Å². The number of methoxy groups -OCH3 is 1. The minimum atomic E-state index is -2.26. The molecule has 0 saturated heterocycles. The Kier molecular flexibility index (Phi) is 4.65. The van der Waals surface area contributed by atoms with Crippen LogP contribution >= 0.6 is 0 Å². The van der Waals surface area contributed by atoms with Gasteiger partial charge >= 0.3 is 0 Å². The van der Waals surface area contributed by atoms with Gasteiger partial charge in [-0.3, -0.25) is 4.79 Å². The molecule has 3 aromatic carbocycles. The van der Waals surface area contributed by atoms with Crippen LogP contribution in [-0.2, 0) is 11.2 Å². The fourth-order valence-corrected chi connectivity index (χ4v) is 3.31. The zero-order valence-corrected chi connectivity index (χ0v) is 15.4. The fourth-order valence-electron chi connectivity index (χ4n) is 3.31. The first kappa shape index (κ1) is 17.9. The molecule has 4 rings (SSSR count). The van der Waals surface area contributed by atoms with E-state index in [2.05, 4.69) is 5.10 Å². The topological polar surface area (TPSA) is 41.9 Å². The average Bonchev–Trinajstić information content (AvgIpc) is 3.00. The predicted molar refractivity (Wildman–Crippen MR) is 107 cm³/mol. The summed E-state index contributed by atoms with van der Waals surface area (Å²) >= 11 is 0. The summed E-state index contributed by atoms with van der Waals surface area (Å²) in [5.41, 5.74) is -0.342. The van der Waals surface area contributed by atoms with Crippen molar-refractivity contribution in [2.24, 2.45) is 5.10 Å². The molecule has 1 amide bonds. The molecule has 1 aliphatic heterocycles. The summed E-state index contributed by atoms with van der Waals surface area (Å²) in [7, 11) is 1.57. The number of hydrogen-bond acceptors (Lipinski definition) is 3. The van der Waals surface area contributed by atoms with E-state index in [0.29, 0.717) is 17.0 Å². The Labute approximate surface area is 162 Å². The van der Waals surface area contributed by atoms with E-state index >= 15 is 4.39 Å². The standard InChI is InChI=1S/C23H19FN2O2/c1-28-20-14-12-18(13-15-20)21-23(24,16-17-8-4-2-5-9-17)22(27)26(25-21)19-10-6-3-7-11-19/h2-15H,16H2,1H3. The summed E-state index contributed by atoms with van der Waals surface area (Å²) in [5.74, 6) is -0.0329. The smallest absolute Gasteiger partial charge is 0.291 e. The van der Waals surface area contributed by atoms with Gasteiger partial charge < -0.3 is 4.74 Å². The van der Waals surface area contributed by atoms with Gasteiger partial charge in [0.15, 0.2) is 0 Å². The van der Waals surface area contributed by atoms with Crippen molar-refractivity contribution in [3.8, 4) is 5.75 Å². The molecule has 4 nitrogen and oxygen atoms in total. The number of ether oxygens (including phenoxy) is 1. The van der Waals surface area contributed by atoms with E-state index in [-0.39, 0.29) is 12.1 Å². The van der Waals surface area contributed by atoms with E-state index in [9.17, 15) is 4.79 Å². The first-order chi connectivity index (χ1) is 13.6. The lowest BCUT2D eigenvalue weighted by Gasteiger charge is -2.21. The van der Waals surface area contributed by atoms with E-state index in [0.717, 1.165) is 10.6 Å². The number of hydrazone groups is 1. The summed E-state index contributed by atoms with van der Waals surface area (Å²) in [6.45, 7) is 0. The Hall–Kier alpha value is -3.47. The van der Waals surface area contributed by atoms with E-state index in [1.54, 1.807) is 55.6 Å². The third-order valence-electron chi connectivity index (χ3n) is 4.76. The minimum Gasteiger partial charge on any atom is -0.497 e. The number of hydrogen-bond donors (Lipinski definition) is 0. The van der Waals surface area contributed by atoms with Gasteiger partial charge in [-0.25, -0.2) is 4.39 Å². The van der Waals surface area contributed by atoms with Crippen molar-refractivity contribution in [3.05, 3.63) is 96.1 Å². The third-order valence-corrected chi connectivity index (χ3v) is 4.76. The van der Waals surface area contributed by atoms with Gasteiger partial charge in [0.05, 0.1) is 12.8 Å². The first-order valence-electron chi connectivity index (χ1n) is 8.98. The highest BCUT2D eigenvalue weighted by molar-refractivity contribution is 6.27. The Morgan fingerprint density at radius 1 is 0.929 bits per heavy atom. The molecular weight excluding hydrogens is 355 g/mol. The van der Waals surface area contributed by atoms with Crippen molar-refractivity contribution < 1.29 is 13.9 Å². The second-order valence-electron chi connectivity index (χ2n) is 6.59. The average molecular weight is 374 g/mol. The highest BCUT2D eigenvalue weighted by Gasteiger charge is 2.52. The molecule has 0 spiro atoms. The molecule has 0 aliphatic carbocycles. The molecule has 5 heteroatoms. The maximum absolute atomic E-state index is 16.3. The molecule has 0 radical (unpaired) electrons. The van der Waals surface area contributed by atoms with Crippen LogP contribution in [0.4, 0.5) is 10.1 Å². The molecule has 0 fully saturated rings. The van der Waals surface area contributed by atoms with Gasteiger partial charge in [0.25, 0.3) is 5.91 Å². The Morgan fingerprint density at radius 3 is 2.14 bits per heavy atom. The number of anilines is 1. The highest BCUT2D eigenvalue weighted by atomic mass is 19.1. The highest BCUT2D eigenvalue weighted by Crippen LogP contribution is 2.35. The summed E-state index contributed by atoms with van der Waals surface area (Å²) in [4.78, 5) is 13.2. The minimum absolute atomic E-state index is 0.0825. The summed E-state index contributed by atoms with van der Waals surface area (Å²) in [6.07, 6.45) is -0.0825. The predicted octanol–water partition coefficient (Wildman–Crippen LogP) is 4.40. The molecule has 3 aromatic rings. The van der Waals surface area contributed by atoms with Crippen molar-refractivity contribution in [3.63, 3.8) is 0 Å². The number of rotatable bonds is 5. The van der Waals surface area contributed by atoms with Gasteiger partial charge in [0.1, 0.15) is 11.5 Å². The number of alkyl halides is 1. The molecule has 0 N–H and O–H groups in total. The zero-order valence-electron chi connectivity index (χ0n) is 15.4. The molecule has 140 valence electrons. The number of benzene rings is 3. The number of carbonyl (C=O) groups excluding carboxylic acids is 1. The number of carbonyl (C=O) groups is 1. The fraction of sp³-hybridized carbons (Fsp3) is 0.130. The van der Waals surface area contributed by atoms with Gasteiger partial charge in [0, 0.05) is 12.0 Å². The molecule has 1 heterocycles. The molecule has 0 saturated carbocycles. The van der Waals surface area contributed by atoms with Crippen LogP contribution < -0.4 is 9.75 Å². The summed E-state index contributed by atoms with van der Waals surface area (Å²) < 4.78 is 21.5. The number of nitrogens with zero attached hydrogens (tertiary/aromatic N) is 2. The molecule has 0 bridgehead atoms. The maximum atomic E-state index is 16.3. The number of para-hydroxylation sites is 1. The van der Waals surface area contributed by atoms with E-state index < -0.39 is 11.6 Å². The van der Waals surface area contributed by atoms with Crippen LogP contribution in [0, 0.1) is 0 Å². The molecule has 1 unspecified atom stereocenters. The van der Waals surface area contributed by atoms with Crippen molar-refractivity contribution in [2.75, 3.05) is 12.1 Å². The normalized spacial score (nSPS) is 18.9. The molecule has 1 aliphatic rings. The van der Waals surface area contributed by atoms with E-state index in [4.69, 9.17) is 4.74 Å². The lowest BCUT2D eigenvalue weighted by Crippen LogP contribution is -2.44. The van der Waals surface area contributed by atoms with Crippen molar-refractivity contribution in [1.29, 1.82) is 0 Å². The first-order valence-corrected chi connectivity index (χ1v) is 8.98.